The van der Waals surface area contributed by atoms with E-state index in [0.717, 1.165) is 19.4 Å². The van der Waals surface area contributed by atoms with E-state index in [2.05, 4.69) is 15.4 Å². The highest BCUT2D eigenvalue weighted by atomic mass is 35.5. The van der Waals surface area contributed by atoms with E-state index in [-0.39, 0.29) is 34.6 Å². The fourth-order valence-electron chi connectivity index (χ4n) is 4.32. The van der Waals surface area contributed by atoms with Gasteiger partial charge in [0.1, 0.15) is 15.7 Å². The van der Waals surface area contributed by atoms with Crippen LogP contribution in [0.4, 0.5) is 11.5 Å². The number of halogens is 1. The molecular weight excluding hydrogens is 480 g/mol. The summed E-state index contributed by atoms with van der Waals surface area (Å²) in [5.41, 5.74) is 0.151. The minimum Gasteiger partial charge on any atom is -0.382 e. The first kappa shape index (κ1) is 24.9. The molecule has 1 N–H and O–H groups in total. The third-order valence-electron chi connectivity index (χ3n) is 6.37. The third-order valence-corrected chi connectivity index (χ3v) is 8.61. The number of aromatic nitrogens is 3. The molecule has 2 aromatic rings. The lowest BCUT2D eigenvalue weighted by Gasteiger charge is -2.31. The zero-order valence-electron chi connectivity index (χ0n) is 19.5. The van der Waals surface area contributed by atoms with Gasteiger partial charge in [0.15, 0.2) is 0 Å². The van der Waals surface area contributed by atoms with Crippen LogP contribution in [0.3, 0.4) is 0 Å². The van der Waals surface area contributed by atoms with Crippen LogP contribution in [0.25, 0.3) is 0 Å². The molecule has 0 spiro atoms. The average molecular weight is 511 g/mol. The summed E-state index contributed by atoms with van der Waals surface area (Å²) < 4.78 is 34.4. The first-order valence-electron chi connectivity index (χ1n) is 11.5. The summed E-state index contributed by atoms with van der Waals surface area (Å²) in [6.07, 6.45) is 6.01. The Hall–Kier alpha value is -2.21. The Morgan fingerprint density at radius 3 is 2.59 bits per heavy atom. The van der Waals surface area contributed by atoms with Crippen molar-refractivity contribution in [1.82, 2.24) is 19.1 Å². The Kier molecular flexibility index (Phi) is 7.76. The molecule has 0 bridgehead atoms. The molecule has 34 heavy (non-hydrogen) atoms. The summed E-state index contributed by atoms with van der Waals surface area (Å²) in [7, 11) is 0.0352. The zero-order valence-corrected chi connectivity index (χ0v) is 21.1. The Morgan fingerprint density at radius 1 is 1.21 bits per heavy atom. The number of piperidine rings is 1. The van der Waals surface area contributed by atoms with E-state index >= 15 is 0 Å². The third kappa shape index (κ3) is 5.37. The fraction of sp³-hybridized carbons (Fsp3) is 0.591. The molecule has 2 aliphatic heterocycles. The van der Waals surface area contributed by atoms with E-state index in [4.69, 9.17) is 16.3 Å². The molecule has 2 aromatic heterocycles. The van der Waals surface area contributed by atoms with Crippen LogP contribution in [0.1, 0.15) is 31.7 Å². The van der Waals surface area contributed by atoms with Crippen molar-refractivity contribution >= 4 is 33.1 Å². The molecule has 4 heterocycles. The number of rotatable bonds is 7. The summed E-state index contributed by atoms with van der Waals surface area (Å²) in [6, 6.07) is 3.04. The van der Waals surface area contributed by atoms with Gasteiger partial charge >= 0.3 is 0 Å². The van der Waals surface area contributed by atoms with Crippen LogP contribution in [0.2, 0.25) is 5.02 Å². The molecule has 0 aliphatic carbocycles. The molecule has 10 nitrogen and oxygen atoms in total. The van der Waals surface area contributed by atoms with Gasteiger partial charge in [-0.3, -0.25) is 4.79 Å². The molecule has 2 aliphatic rings. The number of ether oxygens (including phenoxy) is 1. The standard InChI is InChI=1S/C22H31ClN6O4S/c1-27(2)20-6-5-18(13-25-20)34(31,32)28-9-7-17(8-10-28)29-22(30)21(23)19(14-26-29)24-12-16-4-3-11-33-15-16/h5-6,13-14,16-17,24H,3-4,7-12,15H2,1-2H3/t16-/m1/s1. The lowest BCUT2D eigenvalue weighted by atomic mass is 10.0. The van der Waals surface area contributed by atoms with E-state index in [1.54, 1.807) is 18.3 Å². The smallest absolute Gasteiger partial charge is 0.287 e. The Labute approximate surface area is 204 Å². The van der Waals surface area contributed by atoms with Crippen molar-refractivity contribution in [2.24, 2.45) is 5.92 Å². The number of nitrogens with zero attached hydrogens (tertiary/aromatic N) is 5. The average Bonchev–Trinajstić information content (AvgIpc) is 2.86. The highest BCUT2D eigenvalue weighted by Crippen LogP contribution is 2.27. The second-order valence-electron chi connectivity index (χ2n) is 8.97. The van der Waals surface area contributed by atoms with Crippen LogP contribution >= 0.6 is 11.6 Å². The number of sulfonamides is 1. The minimum atomic E-state index is -3.66. The molecular formula is C22H31ClN6O4S. The Bertz CT molecular complexity index is 1140. The van der Waals surface area contributed by atoms with Crippen molar-refractivity contribution in [2.45, 2.75) is 36.6 Å². The Morgan fingerprint density at radius 2 is 1.97 bits per heavy atom. The summed E-state index contributed by atoms with van der Waals surface area (Å²) >= 11 is 6.37. The molecule has 2 fully saturated rings. The molecule has 0 saturated carbocycles. The van der Waals surface area contributed by atoms with Crippen LogP contribution < -0.4 is 15.8 Å². The maximum Gasteiger partial charge on any atom is 0.287 e. The van der Waals surface area contributed by atoms with Crippen LogP contribution in [0.5, 0.6) is 0 Å². The predicted octanol–water partition coefficient (Wildman–Crippen LogP) is 2.22. The first-order chi connectivity index (χ1) is 16.3. The molecule has 4 rings (SSSR count). The van der Waals surface area contributed by atoms with Crippen LogP contribution in [0, 0.1) is 5.92 Å². The highest BCUT2D eigenvalue weighted by Gasteiger charge is 2.31. The van der Waals surface area contributed by atoms with Gasteiger partial charge in [-0.15, -0.1) is 0 Å². The van der Waals surface area contributed by atoms with Gasteiger partial charge < -0.3 is 15.0 Å². The molecule has 1 atom stereocenters. The number of hydrogen-bond acceptors (Lipinski definition) is 8. The summed E-state index contributed by atoms with van der Waals surface area (Å²) in [5, 5.41) is 7.67. The number of anilines is 2. The summed E-state index contributed by atoms with van der Waals surface area (Å²) in [6.45, 7) is 2.75. The van der Waals surface area contributed by atoms with Gasteiger partial charge in [-0.1, -0.05) is 11.6 Å². The maximum atomic E-state index is 13.0. The van der Waals surface area contributed by atoms with Gasteiger partial charge in [-0.05, 0) is 43.7 Å². The van der Waals surface area contributed by atoms with Crippen molar-refractivity contribution in [3.63, 3.8) is 0 Å². The van der Waals surface area contributed by atoms with Gasteiger partial charge in [0.25, 0.3) is 5.56 Å². The molecule has 0 aromatic carbocycles. The lowest BCUT2D eigenvalue weighted by molar-refractivity contribution is 0.0595. The van der Waals surface area contributed by atoms with E-state index in [9.17, 15) is 13.2 Å². The van der Waals surface area contributed by atoms with Crippen LogP contribution in [-0.4, -0.2) is 74.4 Å². The van der Waals surface area contributed by atoms with Crippen LogP contribution in [0.15, 0.2) is 34.2 Å². The molecule has 2 saturated heterocycles. The number of nitrogens with one attached hydrogen (secondary N) is 1. The van der Waals surface area contributed by atoms with Gasteiger partial charge in [0, 0.05) is 46.5 Å². The molecule has 12 heteroatoms. The quantitative estimate of drug-likeness (QED) is 0.603. The maximum absolute atomic E-state index is 13.0. The van der Waals surface area contributed by atoms with E-state index in [1.807, 2.05) is 19.0 Å². The second kappa shape index (κ2) is 10.6. The zero-order chi connectivity index (χ0) is 24.3. The highest BCUT2D eigenvalue weighted by molar-refractivity contribution is 7.89. The fourth-order valence-corrected chi connectivity index (χ4v) is 5.93. The first-order valence-corrected chi connectivity index (χ1v) is 13.3. The van der Waals surface area contributed by atoms with E-state index in [1.165, 1.54) is 15.2 Å². The normalized spacial score (nSPS) is 20.3. The predicted molar refractivity (Wildman–Crippen MR) is 131 cm³/mol. The van der Waals surface area contributed by atoms with Gasteiger partial charge in [0.2, 0.25) is 10.0 Å². The van der Waals surface area contributed by atoms with Gasteiger partial charge in [0.05, 0.1) is 24.5 Å². The molecule has 0 unspecified atom stereocenters. The monoisotopic (exact) mass is 510 g/mol. The van der Waals surface area contributed by atoms with Crippen molar-refractivity contribution in [3.05, 3.63) is 39.9 Å². The largest absolute Gasteiger partial charge is 0.382 e. The minimum absolute atomic E-state index is 0.105. The lowest BCUT2D eigenvalue weighted by Crippen LogP contribution is -2.41. The van der Waals surface area contributed by atoms with Crippen molar-refractivity contribution in [1.29, 1.82) is 0 Å². The van der Waals surface area contributed by atoms with Crippen molar-refractivity contribution < 1.29 is 13.2 Å². The number of pyridine rings is 1. The van der Waals surface area contributed by atoms with Gasteiger partial charge in [-0.2, -0.15) is 9.40 Å². The second-order valence-corrected chi connectivity index (χ2v) is 11.3. The molecule has 0 radical (unpaired) electrons. The van der Waals surface area contributed by atoms with Crippen molar-refractivity contribution in [3.8, 4) is 0 Å². The van der Waals surface area contributed by atoms with Gasteiger partial charge in [-0.25, -0.2) is 18.1 Å². The number of hydrogen-bond donors (Lipinski definition) is 1. The van der Waals surface area contributed by atoms with Crippen LogP contribution in [-0.2, 0) is 14.8 Å². The molecule has 186 valence electrons. The topological polar surface area (TPSA) is 110 Å². The summed E-state index contributed by atoms with van der Waals surface area (Å²) in [4.78, 5) is 19.1. The summed E-state index contributed by atoms with van der Waals surface area (Å²) in [5.74, 6) is 1.07. The molecule has 0 amide bonds. The SMILES string of the molecule is CN(C)c1ccc(S(=O)(=O)N2CCC(n3ncc(NC[C@H]4CCCOC4)c(Cl)c3=O)CC2)cn1. The van der Waals surface area contributed by atoms with E-state index in [0.29, 0.717) is 43.4 Å². The van der Waals surface area contributed by atoms with E-state index < -0.39 is 10.0 Å². The van der Waals surface area contributed by atoms with Crippen molar-refractivity contribution in [2.75, 3.05) is 57.2 Å². The Balaban J connectivity index is 1.39.